The van der Waals surface area contributed by atoms with Gasteiger partial charge in [0.2, 0.25) is 0 Å². The molecule has 1 aliphatic rings. The van der Waals surface area contributed by atoms with E-state index in [0.717, 1.165) is 42.4 Å². The number of carbonyl (C=O) groups excluding carboxylic acids is 1. The molecule has 1 aliphatic carbocycles. The summed E-state index contributed by atoms with van der Waals surface area (Å²) in [4.78, 5) is 11.8. The van der Waals surface area contributed by atoms with Crippen LogP contribution in [-0.4, -0.2) is 30.3 Å². The molecule has 1 aromatic carbocycles. The lowest BCUT2D eigenvalue weighted by atomic mass is 9.87. The van der Waals surface area contributed by atoms with Gasteiger partial charge in [-0.1, -0.05) is 24.6 Å². The van der Waals surface area contributed by atoms with Crippen LogP contribution in [0.4, 0.5) is 4.79 Å². The number of fused-ring (bicyclic) bond motifs is 1. The second kappa shape index (κ2) is 7.51. The minimum absolute atomic E-state index is 0.152. The highest BCUT2D eigenvalue weighted by Crippen LogP contribution is 2.23. The van der Waals surface area contributed by atoms with E-state index in [1.54, 1.807) is 0 Å². The van der Waals surface area contributed by atoms with Crippen molar-refractivity contribution in [2.75, 3.05) is 13.1 Å². The SMILES string of the molecule is O=C(NCCc1cc2ccccc2o1)NCC1CCCC(O)C1. The molecule has 5 nitrogen and oxygen atoms in total. The highest BCUT2D eigenvalue weighted by molar-refractivity contribution is 5.77. The lowest BCUT2D eigenvalue weighted by Crippen LogP contribution is -2.40. The molecule has 2 amide bonds. The molecule has 1 heterocycles. The number of hydrogen-bond acceptors (Lipinski definition) is 3. The highest BCUT2D eigenvalue weighted by atomic mass is 16.3. The Bertz CT molecular complexity index is 620. The Morgan fingerprint density at radius 1 is 1.26 bits per heavy atom. The molecule has 1 fully saturated rings. The fourth-order valence-electron chi connectivity index (χ4n) is 3.21. The predicted molar refractivity (Wildman–Crippen MR) is 89.3 cm³/mol. The standard InChI is InChI=1S/C18H24N2O3/c21-15-6-3-4-13(10-15)12-20-18(22)19-9-8-16-11-14-5-1-2-7-17(14)23-16/h1-2,5,7,11,13,15,21H,3-4,6,8-10,12H2,(H2,19,20,22). The summed E-state index contributed by atoms with van der Waals surface area (Å²) in [7, 11) is 0. The van der Waals surface area contributed by atoms with Gasteiger partial charge >= 0.3 is 6.03 Å². The van der Waals surface area contributed by atoms with Gasteiger partial charge in [-0.15, -0.1) is 0 Å². The lowest BCUT2D eigenvalue weighted by molar-refractivity contribution is 0.101. The summed E-state index contributed by atoms with van der Waals surface area (Å²) in [6.45, 7) is 1.17. The molecular weight excluding hydrogens is 292 g/mol. The summed E-state index contributed by atoms with van der Waals surface area (Å²) in [5, 5.41) is 16.5. The monoisotopic (exact) mass is 316 g/mol. The van der Waals surface area contributed by atoms with Crippen LogP contribution >= 0.6 is 0 Å². The number of aliphatic hydroxyl groups excluding tert-OH is 1. The molecule has 2 aromatic rings. The minimum atomic E-state index is -0.202. The third-order valence-electron chi connectivity index (χ3n) is 4.44. The number of nitrogens with one attached hydrogen (secondary N) is 2. The third kappa shape index (κ3) is 4.48. The summed E-state index contributed by atoms with van der Waals surface area (Å²) in [6.07, 6.45) is 4.27. The summed E-state index contributed by atoms with van der Waals surface area (Å²) in [6, 6.07) is 9.75. The van der Waals surface area contributed by atoms with Gasteiger partial charge in [0.15, 0.2) is 0 Å². The first-order valence-corrected chi connectivity index (χ1v) is 8.38. The largest absolute Gasteiger partial charge is 0.461 e. The molecule has 1 aromatic heterocycles. The molecule has 0 bridgehead atoms. The number of carbonyl (C=O) groups is 1. The molecule has 2 unspecified atom stereocenters. The van der Waals surface area contributed by atoms with Crippen LogP contribution in [0.15, 0.2) is 34.7 Å². The zero-order valence-electron chi connectivity index (χ0n) is 13.3. The van der Waals surface area contributed by atoms with Crippen LogP contribution in [0.1, 0.15) is 31.4 Å². The molecule has 5 heteroatoms. The first-order chi connectivity index (χ1) is 11.2. The Morgan fingerprint density at radius 3 is 2.96 bits per heavy atom. The van der Waals surface area contributed by atoms with Gasteiger partial charge in [-0.05, 0) is 37.3 Å². The normalized spacial score (nSPS) is 21.3. The Hall–Kier alpha value is -2.01. The van der Waals surface area contributed by atoms with Crippen molar-refractivity contribution in [1.82, 2.24) is 10.6 Å². The average Bonchev–Trinajstić information content (AvgIpc) is 2.96. The van der Waals surface area contributed by atoms with Gasteiger partial charge in [0.05, 0.1) is 6.10 Å². The van der Waals surface area contributed by atoms with Crippen molar-refractivity contribution in [3.05, 3.63) is 36.1 Å². The number of para-hydroxylation sites is 1. The number of hydrogen-bond donors (Lipinski definition) is 3. The molecule has 3 rings (SSSR count). The summed E-state index contributed by atoms with van der Waals surface area (Å²) >= 11 is 0. The van der Waals surface area contributed by atoms with E-state index >= 15 is 0 Å². The molecule has 0 saturated heterocycles. The fourth-order valence-corrected chi connectivity index (χ4v) is 3.21. The smallest absolute Gasteiger partial charge is 0.314 e. The van der Waals surface area contributed by atoms with Crippen LogP contribution < -0.4 is 10.6 Å². The summed E-state index contributed by atoms with van der Waals surface area (Å²) in [5.74, 6) is 1.27. The average molecular weight is 316 g/mol. The predicted octanol–water partition coefficient (Wildman–Crippen LogP) is 2.83. The van der Waals surface area contributed by atoms with Gasteiger partial charge in [-0.3, -0.25) is 0 Å². The molecule has 23 heavy (non-hydrogen) atoms. The van der Waals surface area contributed by atoms with Crippen LogP contribution in [0.5, 0.6) is 0 Å². The number of furan rings is 1. The van der Waals surface area contributed by atoms with Gasteiger partial charge in [0.1, 0.15) is 11.3 Å². The van der Waals surface area contributed by atoms with E-state index in [4.69, 9.17) is 4.42 Å². The first kappa shape index (κ1) is 15.9. The second-order valence-electron chi connectivity index (χ2n) is 6.32. The van der Waals surface area contributed by atoms with Crippen molar-refractivity contribution in [3.8, 4) is 0 Å². The van der Waals surface area contributed by atoms with Crippen LogP contribution in [0.3, 0.4) is 0 Å². The van der Waals surface area contributed by atoms with Crippen molar-refractivity contribution >= 4 is 17.0 Å². The Kier molecular flexibility index (Phi) is 5.18. The molecule has 2 atom stereocenters. The Morgan fingerprint density at radius 2 is 2.13 bits per heavy atom. The number of urea groups is 1. The number of aliphatic hydroxyl groups is 1. The summed E-state index contributed by atoms with van der Waals surface area (Å²) in [5.41, 5.74) is 0.878. The maximum Gasteiger partial charge on any atom is 0.314 e. The van der Waals surface area contributed by atoms with Crippen LogP contribution in [0, 0.1) is 5.92 Å². The van der Waals surface area contributed by atoms with E-state index in [1.165, 1.54) is 0 Å². The van der Waals surface area contributed by atoms with E-state index in [1.807, 2.05) is 30.3 Å². The van der Waals surface area contributed by atoms with Crippen LogP contribution in [-0.2, 0) is 6.42 Å². The van der Waals surface area contributed by atoms with Crippen molar-refractivity contribution in [1.29, 1.82) is 0 Å². The van der Waals surface area contributed by atoms with Gasteiger partial charge in [0.25, 0.3) is 0 Å². The first-order valence-electron chi connectivity index (χ1n) is 8.38. The topological polar surface area (TPSA) is 74.5 Å². The number of amides is 2. The van der Waals surface area contributed by atoms with Gasteiger partial charge in [-0.2, -0.15) is 0 Å². The van der Waals surface area contributed by atoms with Crippen LogP contribution in [0.25, 0.3) is 11.0 Å². The van der Waals surface area contributed by atoms with Gasteiger partial charge in [0, 0.05) is 24.9 Å². The van der Waals surface area contributed by atoms with E-state index in [0.29, 0.717) is 25.4 Å². The van der Waals surface area contributed by atoms with Crippen molar-refractivity contribution < 1.29 is 14.3 Å². The maximum absolute atomic E-state index is 11.8. The highest BCUT2D eigenvalue weighted by Gasteiger charge is 2.20. The fraction of sp³-hybridized carbons (Fsp3) is 0.500. The van der Waals surface area contributed by atoms with E-state index in [9.17, 15) is 9.90 Å². The number of rotatable bonds is 5. The van der Waals surface area contributed by atoms with Crippen LogP contribution in [0.2, 0.25) is 0 Å². The van der Waals surface area contributed by atoms with E-state index in [-0.39, 0.29) is 12.1 Å². The van der Waals surface area contributed by atoms with Gasteiger partial charge < -0.3 is 20.2 Å². The van der Waals surface area contributed by atoms with Crippen molar-refractivity contribution in [2.24, 2.45) is 5.92 Å². The molecule has 0 aliphatic heterocycles. The maximum atomic E-state index is 11.8. The Balaban J connectivity index is 1.37. The number of benzene rings is 1. The molecule has 0 radical (unpaired) electrons. The third-order valence-corrected chi connectivity index (χ3v) is 4.44. The second-order valence-corrected chi connectivity index (χ2v) is 6.32. The summed E-state index contributed by atoms with van der Waals surface area (Å²) < 4.78 is 5.72. The lowest BCUT2D eigenvalue weighted by Gasteiger charge is -2.25. The molecule has 124 valence electrons. The van der Waals surface area contributed by atoms with Gasteiger partial charge in [-0.25, -0.2) is 4.79 Å². The Labute approximate surface area is 136 Å². The molecule has 1 saturated carbocycles. The quantitative estimate of drug-likeness (QED) is 0.794. The van der Waals surface area contributed by atoms with Crippen molar-refractivity contribution in [3.63, 3.8) is 0 Å². The molecule has 3 N–H and O–H groups in total. The van der Waals surface area contributed by atoms with E-state index in [2.05, 4.69) is 10.6 Å². The zero-order chi connectivity index (χ0) is 16.1. The molecule has 0 spiro atoms. The molecular formula is C18H24N2O3. The van der Waals surface area contributed by atoms with Crippen molar-refractivity contribution in [2.45, 2.75) is 38.2 Å². The van der Waals surface area contributed by atoms with E-state index < -0.39 is 0 Å². The minimum Gasteiger partial charge on any atom is -0.461 e. The zero-order valence-corrected chi connectivity index (χ0v) is 13.3.